The van der Waals surface area contributed by atoms with Crippen LogP contribution in [-0.4, -0.2) is 23.1 Å². The molecular formula is C24H32N4. The molecule has 4 aliphatic carbocycles. The van der Waals surface area contributed by atoms with Gasteiger partial charge < -0.3 is 10.6 Å². The smallest absolute Gasteiger partial charge is 0.0526 e. The van der Waals surface area contributed by atoms with Crippen molar-refractivity contribution in [1.82, 2.24) is 9.97 Å². The summed E-state index contributed by atoms with van der Waals surface area (Å²) in [7, 11) is 0. The van der Waals surface area contributed by atoms with Crippen LogP contribution in [-0.2, 0) is 0 Å². The number of nitrogens with zero attached hydrogens (tertiary/aromatic N) is 2. The summed E-state index contributed by atoms with van der Waals surface area (Å²) in [6.07, 6.45) is 19.0. The number of pyridine rings is 2. The Morgan fingerprint density at radius 2 is 1.29 bits per heavy atom. The van der Waals surface area contributed by atoms with Crippen LogP contribution in [0.5, 0.6) is 0 Å². The van der Waals surface area contributed by atoms with Gasteiger partial charge >= 0.3 is 0 Å². The lowest BCUT2D eigenvalue weighted by molar-refractivity contribution is -0.114. The zero-order chi connectivity index (χ0) is 18.9. The van der Waals surface area contributed by atoms with Gasteiger partial charge in [-0.15, -0.1) is 0 Å². The third-order valence-corrected chi connectivity index (χ3v) is 7.60. The highest BCUT2D eigenvalue weighted by molar-refractivity contribution is 5.40. The lowest BCUT2D eigenvalue weighted by Crippen LogP contribution is -2.52. The highest BCUT2D eigenvalue weighted by Crippen LogP contribution is 2.67. The van der Waals surface area contributed by atoms with Gasteiger partial charge in [0.15, 0.2) is 0 Å². The molecule has 2 aromatic rings. The number of anilines is 2. The van der Waals surface area contributed by atoms with Crippen molar-refractivity contribution in [1.29, 1.82) is 0 Å². The summed E-state index contributed by atoms with van der Waals surface area (Å²) in [6.45, 7) is 2.16. The van der Waals surface area contributed by atoms with Gasteiger partial charge in [-0.3, -0.25) is 9.97 Å². The molecule has 6 rings (SSSR count). The van der Waals surface area contributed by atoms with Crippen LogP contribution in [0.15, 0.2) is 49.1 Å². The number of hydrogen-bond acceptors (Lipinski definition) is 4. The van der Waals surface area contributed by atoms with Crippen molar-refractivity contribution in [2.45, 2.75) is 51.4 Å². The summed E-state index contributed by atoms with van der Waals surface area (Å²) in [5, 5.41) is 7.23. The molecule has 0 atom stereocenters. The Morgan fingerprint density at radius 1 is 0.786 bits per heavy atom. The van der Waals surface area contributed by atoms with Gasteiger partial charge in [0, 0.05) is 37.9 Å². The lowest BCUT2D eigenvalue weighted by atomic mass is 9.43. The molecule has 148 valence electrons. The fourth-order valence-electron chi connectivity index (χ4n) is 7.11. The average molecular weight is 377 g/mol. The van der Waals surface area contributed by atoms with E-state index in [1.807, 2.05) is 36.9 Å². The first kappa shape index (κ1) is 18.0. The predicted octanol–water partition coefficient (Wildman–Crippen LogP) is 5.37. The van der Waals surface area contributed by atoms with Crippen molar-refractivity contribution >= 4 is 11.4 Å². The van der Waals surface area contributed by atoms with Crippen LogP contribution in [0.1, 0.15) is 51.4 Å². The lowest BCUT2D eigenvalue weighted by Gasteiger charge is -2.62. The van der Waals surface area contributed by atoms with Crippen LogP contribution in [0.3, 0.4) is 0 Å². The molecule has 2 heterocycles. The highest BCUT2D eigenvalue weighted by Gasteiger charge is 2.56. The summed E-state index contributed by atoms with van der Waals surface area (Å²) in [5.41, 5.74) is 3.46. The Kier molecular flexibility index (Phi) is 4.73. The minimum Gasteiger partial charge on any atom is -0.384 e. The van der Waals surface area contributed by atoms with E-state index in [-0.39, 0.29) is 0 Å². The predicted molar refractivity (Wildman–Crippen MR) is 114 cm³/mol. The molecule has 0 radical (unpaired) electrons. The molecule has 2 N–H and O–H groups in total. The minimum absolute atomic E-state index is 0.577. The van der Waals surface area contributed by atoms with E-state index in [0.29, 0.717) is 10.8 Å². The summed E-state index contributed by atoms with van der Waals surface area (Å²) in [4.78, 5) is 8.45. The molecule has 0 spiro atoms. The first-order valence-electron chi connectivity index (χ1n) is 11.0. The Morgan fingerprint density at radius 3 is 1.71 bits per heavy atom. The van der Waals surface area contributed by atoms with Gasteiger partial charge in [0.25, 0.3) is 0 Å². The van der Waals surface area contributed by atoms with Crippen molar-refractivity contribution in [2.24, 2.45) is 22.7 Å². The van der Waals surface area contributed by atoms with Crippen molar-refractivity contribution in [3.8, 4) is 0 Å². The SMILES string of the molecule is c1cncc(NCCC23CC4CC(C2)CC(CCNc2cccnc2)(C4)C3)c1. The summed E-state index contributed by atoms with van der Waals surface area (Å²) in [6, 6.07) is 8.27. The minimum atomic E-state index is 0.577. The second-order valence-corrected chi connectivity index (χ2v) is 9.80. The molecule has 0 aliphatic heterocycles. The van der Waals surface area contributed by atoms with E-state index in [4.69, 9.17) is 0 Å². The molecule has 0 amide bonds. The van der Waals surface area contributed by atoms with Gasteiger partial charge in [0.05, 0.1) is 11.4 Å². The van der Waals surface area contributed by atoms with E-state index in [2.05, 4.69) is 32.7 Å². The monoisotopic (exact) mass is 376 g/mol. The van der Waals surface area contributed by atoms with Crippen molar-refractivity contribution in [3.63, 3.8) is 0 Å². The van der Waals surface area contributed by atoms with Crippen molar-refractivity contribution in [3.05, 3.63) is 49.1 Å². The molecule has 0 saturated heterocycles. The van der Waals surface area contributed by atoms with Crippen molar-refractivity contribution in [2.75, 3.05) is 23.7 Å². The van der Waals surface area contributed by atoms with Gasteiger partial charge in [-0.25, -0.2) is 0 Å². The molecule has 28 heavy (non-hydrogen) atoms. The fraction of sp³-hybridized carbons (Fsp3) is 0.583. The third-order valence-electron chi connectivity index (χ3n) is 7.60. The molecule has 0 aromatic carbocycles. The molecule has 4 bridgehead atoms. The standard InChI is InChI=1S/C24H32N4/c1-3-21(16-25-7-1)27-9-5-23-12-19-11-20(13-23)15-24(14-19,18-23)6-10-28-22-4-2-8-26-17-22/h1-4,7-8,16-17,19-20,27-28H,5-6,9-15,18H2. The summed E-state index contributed by atoms with van der Waals surface area (Å²) >= 11 is 0. The van der Waals surface area contributed by atoms with E-state index in [9.17, 15) is 0 Å². The van der Waals surface area contributed by atoms with Crippen LogP contribution in [0, 0.1) is 22.7 Å². The Labute approximate surface area is 168 Å². The Hall–Kier alpha value is -2.10. The zero-order valence-electron chi connectivity index (χ0n) is 16.7. The number of nitrogens with one attached hydrogen (secondary N) is 2. The number of rotatable bonds is 8. The van der Waals surface area contributed by atoms with E-state index in [1.165, 1.54) is 51.4 Å². The van der Waals surface area contributed by atoms with Crippen LogP contribution in [0.25, 0.3) is 0 Å². The first-order chi connectivity index (χ1) is 13.7. The molecule has 4 fully saturated rings. The third kappa shape index (κ3) is 3.74. The number of hydrogen-bond donors (Lipinski definition) is 2. The quantitative estimate of drug-likeness (QED) is 0.650. The van der Waals surface area contributed by atoms with Gasteiger partial charge in [-0.1, -0.05) is 0 Å². The number of aromatic nitrogens is 2. The van der Waals surface area contributed by atoms with E-state index < -0.39 is 0 Å². The van der Waals surface area contributed by atoms with E-state index in [0.717, 1.165) is 36.3 Å². The maximum Gasteiger partial charge on any atom is 0.0526 e. The maximum atomic E-state index is 4.23. The molecule has 0 unspecified atom stereocenters. The zero-order valence-corrected chi connectivity index (χ0v) is 16.7. The normalized spacial score (nSPS) is 33.0. The molecule has 4 nitrogen and oxygen atoms in total. The fourth-order valence-corrected chi connectivity index (χ4v) is 7.11. The first-order valence-corrected chi connectivity index (χ1v) is 11.0. The van der Waals surface area contributed by atoms with Crippen LogP contribution in [0.4, 0.5) is 11.4 Å². The van der Waals surface area contributed by atoms with E-state index in [1.54, 1.807) is 0 Å². The van der Waals surface area contributed by atoms with Crippen LogP contribution in [0.2, 0.25) is 0 Å². The summed E-state index contributed by atoms with van der Waals surface area (Å²) < 4.78 is 0. The molecule has 4 heteroatoms. The summed E-state index contributed by atoms with van der Waals surface area (Å²) in [5.74, 6) is 1.94. The Balaban J connectivity index is 1.21. The molecular weight excluding hydrogens is 344 g/mol. The van der Waals surface area contributed by atoms with Gasteiger partial charge in [-0.2, -0.15) is 0 Å². The molecule has 2 aromatic heterocycles. The van der Waals surface area contributed by atoms with Gasteiger partial charge in [0.2, 0.25) is 0 Å². The maximum absolute atomic E-state index is 4.23. The Bertz CT molecular complexity index is 698. The van der Waals surface area contributed by atoms with Gasteiger partial charge in [0.1, 0.15) is 0 Å². The second kappa shape index (κ2) is 7.38. The van der Waals surface area contributed by atoms with Crippen molar-refractivity contribution < 1.29 is 0 Å². The van der Waals surface area contributed by atoms with E-state index >= 15 is 0 Å². The van der Waals surface area contributed by atoms with Crippen LogP contribution < -0.4 is 10.6 Å². The second-order valence-electron chi connectivity index (χ2n) is 9.80. The molecule has 4 aliphatic rings. The van der Waals surface area contributed by atoms with Gasteiger partial charge in [-0.05, 0) is 98.3 Å². The topological polar surface area (TPSA) is 49.8 Å². The molecule has 4 saturated carbocycles. The highest BCUT2D eigenvalue weighted by atomic mass is 14.9. The average Bonchev–Trinajstić information content (AvgIpc) is 2.68. The van der Waals surface area contributed by atoms with Crippen LogP contribution >= 0.6 is 0 Å². The largest absolute Gasteiger partial charge is 0.384 e.